The van der Waals surface area contributed by atoms with Crippen LogP contribution in [0.4, 0.5) is 0 Å². The maximum atomic E-state index is 6.18. The van der Waals surface area contributed by atoms with Crippen LogP contribution in [0.3, 0.4) is 0 Å². The molecule has 0 aliphatic carbocycles. The number of ether oxygens (including phenoxy) is 2. The molecule has 1 aromatic carbocycles. The van der Waals surface area contributed by atoms with E-state index in [2.05, 4.69) is 45.5 Å². The Morgan fingerprint density at radius 2 is 1.79 bits per heavy atom. The third-order valence-corrected chi connectivity index (χ3v) is 4.96. The molecule has 1 aliphatic heterocycles. The van der Waals surface area contributed by atoms with Crippen molar-refractivity contribution in [2.75, 3.05) is 25.6 Å². The van der Waals surface area contributed by atoms with Crippen molar-refractivity contribution in [3.05, 3.63) is 28.8 Å². The quantitative estimate of drug-likeness (QED) is 0.847. The van der Waals surface area contributed by atoms with Crippen LogP contribution < -0.4 is 4.74 Å². The SMILES string of the molecule is Cc1ccc(C)c(OCC2(CS)CCOCC2)c1C. The van der Waals surface area contributed by atoms with E-state index in [4.69, 9.17) is 9.47 Å². The number of thiol groups is 1. The largest absolute Gasteiger partial charge is 0.492 e. The fourth-order valence-electron chi connectivity index (χ4n) is 2.53. The maximum Gasteiger partial charge on any atom is 0.125 e. The van der Waals surface area contributed by atoms with Crippen LogP contribution in [0.5, 0.6) is 5.75 Å². The highest BCUT2D eigenvalue weighted by atomic mass is 32.1. The van der Waals surface area contributed by atoms with Gasteiger partial charge in [-0.1, -0.05) is 12.1 Å². The molecule has 0 atom stereocenters. The Balaban J connectivity index is 2.11. The van der Waals surface area contributed by atoms with E-state index in [0.717, 1.165) is 44.2 Å². The number of rotatable bonds is 4. The first kappa shape index (κ1) is 14.7. The normalized spacial score (nSPS) is 18.3. The van der Waals surface area contributed by atoms with Crippen molar-refractivity contribution in [1.29, 1.82) is 0 Å². The summed E-state index contributed by atoms with van der Waals surface area (Å²) in [5.41, 5.74) is 3.92. The maximum absolute atomic E-state index is 6.18. The molecule has 3 heteroatoms. The van der Waals surface area contributed by atoms with Gasteiger partial charge in [-0.25, -0.2) is 0 Å². The van der Waals surface area contributed by atoms with Crippen LogP contribution in [0, 0.1) is 26.2 Å². The molecule has 0 amide bonds. The summed E-state index contributed by atoms with van der Waals surface area (Å²) in [5.74, 6) is 1.91. The van der Waals surface area contributed by atoms with Crippen molar-refractivity contribution in [1.82, 2.24) is 0 Å². The van der Waals surface area contributed by atoms with Crippen molar-refractivity contribution < 1.29 is 9.47 Å². The van der Waals surface area contributed by atoms with Gasteiger partial charge in [0, 0.05) is 18.6 Å². The van der Waals surface area contributed by atoms with Crippen LogP contribution in [0.15, 0.2) is 12.1 Å². The van der Waals surface area contributed by atoms with Crippen LogP contribution in [-0.2, 0) is 4.74 Å². The van der Waals surface area contributed by atoms with E-state index < -0.39 is 0 Å². The minimum absolute atomic E-state index is 0.171. The fourth-order valence-corrected chi connectivity index (χ4v) is 2.93. The minimum atomic E-state index is 0.171. The summed E-state index contributed by atoms with van der Waals surface area (Å²) in [6, 6.07) is 4.29. The molecule has 2 nitrogen and oxygen atoms in total. The van der Waals surface area contributed by atoms with Crippen molar-refractivity contribution in [2.45, 2.75) is 33.6 Å². The molecule has 106 valence electrons. The van der Waals surface area contributed by atoms with E-state index in [9.17, 15) is 0 Å². The van der Waals surface area contributed by atoms with E-state index >= 15 is 0 Å². The summed E-state index contributed by atoms with van der Waals surface area (Å²) in [4.78, 5) is 0. The molecule has 19 heavy (non-hydrogen) atoms. The van der Waals surface area contributed by atoms with Gasteiger partial charge in [0.2, 0.25) is 0 Å². The van der Waals surface area contributed by atoms with E-state index in [0.29, 0.717) is 0 Å². The first-order valence-electron chi connectivity index (χ1n) is 6.96. The van der Waals surface area contributed by atoms with Gasteiger partial charge in [0.1, 0.15) is 5.75 Å². The standard InChI is InChI=1S/C16H24O2S/c1-12-4-5-13(2)15(14(12)3)18-10-16(11-19)6-8-17-9-7-16/h4-5,19H,6-11H2,1-3H3. The van der Waals surface area contributed by atoms with Crippen LogP contribution in [-0.4, -0.2) is 25.6 Å². The Bertz CT molecular complexity index is 437. The molecule has 0 radical (unpaired) electrons. The molecule has 1 saturated heterocycles. The lowest BCUT2D eigenvalue weighted by molar-refractivity contribution is 0.00287. The minimum Gasteiger partial charge on any atom is -0.492 e. The average molecular weight is 280 g/mol. The third-order valence-electron chi connectivity index (χ3n) is 4.29. The molecule has 0 N–H and O–H groups in total. The summed E-state index contributed by atoms with van der Waals surface area (Å²) in [7, 11) is 0. The van der Waals surface area contributed by atoms with Gasteiger partial charge < -0.3 is 9.47 Å². The second kappa shape index (κ2) is 6.19. The van der Waals surface area contributed by atoms with Crippen molar-refractivity contribution in [2.24, 2.45) is 5.41 Å². The van der Waals surface area contributed by atoms with Crippen LogP contribution >= 0.6 is 12.6 Å². The van der Waals surface area contributed by atoms with E-state index in [1.807, 2.05) is 0 Å². The molecule has 0 unspecified atom stereocenters. The van der Waals surface area contributed by atoms with Crippen LogP contribution in [0.25, 0.3) is 0 Å². The van der Waals surface area contributed by atoms with Crippen molar-refractivity contribution in [3.63, 3.8) is 0 Å². The predicted octanol–water partition coefficient (Wildman–Crippen LogP) is 3.72. The first-order valence-corrected chi connectivity index (χ1v) is 7.59. The molecule has 1 aromatic rings. The highest BCUT2D eigenvalue weighted by Crippen LogP contribution is 2.34. The zero-order valence-corrected chi connectivity index (χ0v) is 13.1. The van der Waals surface area contributed by atoms with E-state index in [1.54, 1.807) is 0 Å². The molecule has 1 fully saturated rings. The summed E-state index contributed by atoms with van der Waals surface area (Å²) in [6.45, 7) is 8.77. The van der Waals surface area contributed by atoms with Gasteiger partial charge in [-0.3, -0.25) is 0 Å². The van der Waals surface area contributed by atoms with E-state index in [1.165, 1.54) is 16.7 Å². The van der Waals surface area contributed by atoms with Gasteiger partial charge in [-0.05, 0) is 56.1 Å². The second-order valence-corrected chi connectivity index (χ2v) is 6.03. The molecule has 1 heterocycles. The number of aryl methyl sites for hydroxylation is 2. The molecule has 0 aromatic heterocycles. The Morgan fingerprint density at radius 1 is 1.16 bits per heavy atom. The van der Waals surface area contributed by atoms with Crippen molar-refractivity contribution in [3.8, 4) is 5.75 Å². The zero-order valence-electron chi connectivity index (χ0n) is 12.2. The molecule has 1 aliphatic rings. The summed E-state index contributed by atoms with van der Waals surface area (Å²) in [6.07, 6.45) is 2.08. The van der Waals surface area contributed by atoms with Gasteiger partial charge in [-0.15, -0.1) is 0 Å². The third kappa shape index (κ3) is 3.26. The Morgan fingerprint density at radius 3 is 2.42 bits per heavy atom. The Labute approximate surface area is 121 Å². The molecular weight excluding hydrogens is 256 g/mol. The molecule has 0 bridgehead atoms. The summed E-state index contributed by atoms with van der Waals surface area (Å²) in [5, 5.41) is 0. The number of hydrogen-bond acceptors (Lipinski definition) is 3. The highest BCUT2D eigenvalue weighted by Gasteiger charge is 2.32. The number of hydrogen-bond donors (Lipinski definition) is 1. The smallest absolute Gasteiger partial charge is 0.125 e. The van der Waals surface area contributed by atoms with Gasteiger partial charge in [0.05, 0.1) is 6.61 Å². The second-order valence-electron chi connectivity index (χ2n) is 5.71. The summed E-state index contributed by atoms with van der Waals surface area (Å²) >= 11 is 4.53. The fraction of sp³-hybridized carbons (Fsp3) is 0.625. The lowest BCUT2D eigenvalue weighted by Gasteiger charge is -2.36. The monoisotopic (exact) mass is 280 g/mol. The molecule has 0 saturated carbocycles. The predicted molar refractivity (Wildman–Crippen MR) is 82.5 cm³/mol. The highest BCUT2D eigenvalue weighted by molar-refractivity contribution is 7.80. The Hall–Kier alpha value is -0.670. The lowest BCUT2D eigenvalue weighted by Crippen LogP contribution is -2.37. The summed E-state index contributed by atoms with van der Waals surface area (Å²) < 4.78 is 11.6. The first-order chi connectivity index (χ1) is 9.08. The topological polar surface area (TPSA) is 18.5 Å². The van der Waals surface area contributed by atoms with Gasteiger partial charge in [0.15, 0.2) is 0 Å². The van der Waals surface area contributed by atoms with E-state index in [-0.39, 0.29) is 5.41 Å². The lowest BCUT2D eigenvalue weighted by atomic mass is 9.83. The van der Waals surface area contributed by atoms with Crippen molar-refractivity contribution >= 4 is 12.6 Å². The number of benzene rings is 1. The Kier molecular flexibility index (Phi) is 4.80. The average Bonchev–Trinajstić information content (AvgIpc) is 2.44. The zero-order chi connectivity index (χ0) is 13.9. The molecule has 2 rings (SSSR count). The molecular formula is C16H24O2S. The van der Waals surface area contributed by atoms with Crippen LogP contribution in [0.2, 0.25) is 0 Å². The molecule has 0 spiro atoms. The van der Waals surface area contributed by atoms with Crippen LogP contribution in [0.1, 0.15) is 29.5 Å². The van der Waals surface area contributed by atoms with Gasteiger partial charge in [-0.2, -0.15) is 12.6 Å². The van der Waals surface area contributed by atoms with Gasteiger partial charge in [0.25, 0.3) is 0 Å². The van der Waals surface area contributed by atoms with Gasteiger partial charge >= 0.3 is 0 Å².